The molecule has 1 aromatic carbocycles. The molecule has 0 atom stereocenters. The molecule has 8 heteroatoms. The van der Waals surface area contributed by atoms with Crippen molar-refractivity contribution < 1.29 is 17.6 Å². The number of hydrogen-bond donors (Lipinski definition) is 2. The van der Waals surface area contributed by atoms with Gasteiger partial charge in [0.15, 0.2) is 5.82 Å². The van der Waals surface area contributed by atoms with Gasteiger partial charge in [0, 0.05) is 24.5 Å². The molecule has 2 aromatic rings. The summed E-state index contributed by atoms with van der Waals surface area (Å²) in [4.78, 5) is 14.9. The molecule has 0 aliphatic heterocycles. The number of aromatic nitrogens is 1. The predicted octanol–water partition coefficient (Wildman–Crippen LogP) is 1.38. The van der Waals surface area contributed by atoms with Crippen molar-refractivity contribution in [3.05, 3.63) is 54.0 Å². The summed E-state index contributed by atoms with van der Waals surface area (Å²) in [6, 6.07) is 8.02. The van der Waals surface area contributed by atoms with Gasteiger partial charge in [-0.1, -0.05) is 0 Å². The summed E-state index contributed by atoms with van der Waals surface area (Å²) in [7, 11) is -2.63. The fourth-order valence-corrected chi connectivity index (χ4v) is 2.67. The summed E-state index contributed by atoms with van der Waals surface area (Å²) in [5.41, 5.74) is 0.581. The molecule has 0 unspecified atom stereocenters. The van der Waals surface area contributed by atoms with Crippen LogP contribution >= 0.6 is 0 Å². The molecule has 1 heterocycles. The van der Waals surface area contributed by atoms with E-state index in [2.05, 4.69) is 15.0 Å². The lowest BCUT2D eigenvalue weighted by atomic mass is 10.2. The van der Waals surface area contributed by atoms with Crippen molar-refractivity contribution in [2.24, 2.45) is 0 Å². The summed E-state index contributed by atoms with van der Waals surface area (Å²) in [6.45, 7) is 0. The number of anilines is 1. The van der Waals surface area contributed by atoms with E-state index in [4.69, 9.17) is 0 Å². The molecule has 2 N–H and O–H groups in total. The van der Waals surface area contributed by atoms with Crippen LogP contribution < -0.4 is 10.0 Å². The SMILES string of the molecule is CNC(=O)c1ccc(NS(=O)(=O)c2ncccc2F)cc1. The van der Waals surface area contributed by atoms with Gasteiger partial charge in [0.25, 0.3) is 15.9 Å². The molecule has 21 heavy (non-hydrogen) atoms. The first-order chi connectivity index (χ1) is 9.94. The monoisotopic (exact) mass is 309 g/mol. The van der Waals surface area contributed by atoms with Crippen molar-refractivity contribution in [2.75, 3.05) is 11.8 Å². The van der Waals surface area contributed by atoms with Gasteiger partial charge in [-0.2, -0.15) is 8.42 Å². The van der Waals surface area contributed by atoms with Crippen LogP contribution in [0.1, 0.15) is 10.4 Å². The van der Waals surface area contributed by atoms with Crippen LogP contribution in [-0.2, 0) is 10.0 Å². The van der Waals surface area contributed by atoms with Crippen LogP contribution in [0.15, 0.2) is 47.6 Å². The number of nitrogens with zero attached hydrogens (tertiary/aromatic N) is 1. The first-order valence-electron chi connectivity index (χ1n) is 5.89. The molecular formula is C13H12FN3O3S. The number of amides is 1. The Morgan fingerprint density at radius 1 is 1.19 bits per heavy atom. The lowest BCUT2D eigenvalue weighted by molar-refractivity contribution is 0.0963. The molecule has 0 saturated heterocycles. The Hall–Kier alpha value is -2.48. The van der Waals surface area contributed by atoms with Crippen LogP contribution in [0.4, 0.5) is 10.1 Å². The van der Waals surface area contributed by atoms with Crippen molar-refractivity contribution in [1.29, 1.82) is 0 Å². The van der Waals surface area contributed by atoms with E-state index in [0.717, 1.165) is 6.07 Å². The Morgan fingerprint density at radius 2 is 1.86 bits per heavy atom. The molecule has 110 valence electrons. The van der Waals surface area contributed by atoms with Crippen LogP contribution in [0.5, 0.6) is 0 Å². The molecule has 6 nitrogen and oxygen atoms in total. The van der Waals surface area contributed by atoms with Crippen LogP contribution in [0.2, 0.25) is 0 Å². The number of carbonyl (C=O) groups is 1. The van der Waals surface area contributed by atoms with Crippen LogP contribution in [0.3, 0.4) is 0 Å². The zero-order chi connectivity index (χ0) is 15.5. The van der Waals surface area contributed by atoms with E-state index in [1.54, 1.807) is 0 Å². The maximum absolute atomic E-state index is 13.5. The number of carbonyl (C=O) groups excluding carboxylic acids is 1. The smallest absolute Gasteiger partial charge is 0.282 e. The molecule has 0 radical (unpaired) electrons. The Labute approximate surface area is 121 Å². The topological polar surface area (TPSA) is 88.2 Å². The van der Waals surface area contributed by atoms with E-state index in [1.807, 2.05) is 0 Å². The van der Waals surface area contributed by atoms with Gasteiger partial charge in [0.2, 0.25) is 5.03 Å². The third-order valence-corrected chi connectivity index (χ3v) is 3.92. The molecule has 1 aromatic heterocycles. The van der Waals surface area contributed by atoms with Crippen molar-refractivity contribution in [2.45, 2.75) is 5.03 Å². The first kappa shape index (κ1) is 14.9. The molecule has 0 aliphatic rings. The zero-order valence-corrected chi connectivity index (χ0v) is 11.8. The second-order valence-corrected chi connectivity index (χ2v) is 5.65. The van der Waals surface area contributed by atoms with E-state index in [9.17, 15) is 17.6 Å². The molecule has 0 aliphatic carbocycles. The third kappa shape index (κ3) is 3.34. The fraction of sp³-hybridized carbons (Fsp3) is 0.0769. The largest absolute Gasteiger partial charge is 0.355 e. The number of halogens is 1. The van der Waals surface area contributed by atoms with E-state index >= 15 is 0 Å². The summed E-state index contributed by atoms with van der Waals surface area (Å²) in [6.07, 6.45) is 1.19. The maximum Gasteiger partial charge on any atom is 0.282 e. The Kier molecular flexibility index (Phi) is 4.18. The highest BCUT2D eigenvalue weighted by Gasteiger charge is 2.20. The average molecular weight is 309 g/mol. The first-order valence-corrected chi connectivity index (χ1v) is 7.38. The second-order valence-electron chi connectivity index (χ2n) is 4.05. The standard InChI is InChI=1S/C13H12FN3O3S/c1-15-12(18)9-4-6-10(7-5-9)17-21(19,20)13-11(14)3-2-8-16-13/h2-8,17H,1H3,(H,15,18). The van der Waals surface area contributed by atoms with Crippen molar-refractivity contribution in [3.8, 4) is 0 Å². The normalized spacial score (nSPS) is 11.0. The number of hydrogen-bond acceptors (Lipinski definition) is 4. The van der Waals surface area contributed by atoms with Gasteiger partial charge < -0.3 is 5.32 Å². The Morgan fingerprint density at radius 3 is 2.43 bits per heavy atom. The van der Waals surface area contributed by atoms with Crippen LogP contribution in [0, 0.1) is 5.82 Å². The van der Waals surface area contributed by atoms with Gasteiger partial charge in [-0.15, -0.1) is 0 Å². The van der Waals surface area contributed by atoms with Gasteiger partial charge in [-0.3, -0.25) is 9.52 Å². The number of rotatable bonds is 4. The lowest BCUT2D eigenvalue weighted by Crippen LogP contribution is -2.18. The van der Waals surface area contributed by atoms with Gasteiger partial charge in [0.05, 0.1) is 0 Å². The minimum atomic E-state index is -4.12. The van der Waals surface area contributed by atoms with Gasteiger partial charge in [-0.25, -0.2) is 9.37 Å². The summed E-state index contributed by atoms with van der Waals surface area (Å²) < 4.78 is 39.7. The zero-order valence-electron chi connectivity index (χ0n) is 11.0. The fourth-order valence-electron chi connectivity index (χ4n) is 1.61. The van der Waals surface area contributed by atoms with Gasteiger partial charge in [-0.05, 0) is 36.4 Å². The summed E-state index contributed by atoms with van der Waals surface area (Å²) >= 11 is 0. The number of nitrogens with one attached hydrogen (secondary N) is 2. The van der Waals surface area contributed by atoms with Gasteiger partial charge in [0.1, 0.15) is 0 Å². The van der Waals surface area contributed by atoms with Crippen molar-refractivity contribution >= 4 is 21.6 Å². The maximum atomic E-state index is 13.5. The summed E-state index contributed by atoms with van der Waals surface area (Å²) in [5.74, 6) is -1.23. The quantitative estimate of drug-likeness (QED) is 0.893. The highest BCUT2D eigenvalue weighted by molar-refractivity contribution is 7.92. The lowest BCUT2D eigenvalue weighted by Gasteiger charge is -2.08. The second kappa shape index (κ2) is 5.88. The molecule has 0 bridgehead atoms. The Bertz CT molecular complexity index is 760. The highest BCUT2D eigenvalue weighted by atomic mass is 32.2. The molecule has 0 saturated carbocycles. The van der Waals surface area contributed by atoms with Crippen molar-refractivity contribution in [1.82, 2.24) is 10.3 Å². The third-order valence-electron chi connectivity index (χ3n) is 2.61. The minimum absolute atomic E-state index is 0.202. The molecule has 2 rings (SSSR count). The molecule has 0 fully saturated rings. The highest BCUT2D eigenvalue weighted by Crippen LogP contribution is 2.17. The van der Waals surface area contributed by atoms with E-state index in [0.29, 0.717) is 5.56 Å². The summed E-state index contributed by atoms with van der Waals surface area (Å²) in [5, 5.41) is 1.76. The van der Waals surface area contributed by atoms with E-state index in [-0.39, 0.29) is 11.6 Å². The Balaban J connectivity index is 2.25. The van der Waals surface area contributed by atoms with Gasteiger partial charge >= 0.3 is 0 Å². The predicted molar refractivity (Wildman–Crippen MR) is 74.8 cm³/mol. The van der Waals surface area contributed by atoms with Crippen LogP contribution in [-0.4, -0.2) is 26.4 Å². The molecule has 0 spiro atoms. The minimum Gasteiger partial charge on any atom is -0.355 e. The number of benzene rings is 1. The van der Waals surface area contributed by atoms with Crippen LogP contribution in [0.25, 0.3) is 0 Å². The molecular weight excluding hydrogens is 297 g/mol. The number of pyridine rings is 1. The average Bonchev–Trinajstić information content (AvgIpc) is 2.47. The van der Waals surface area contributed by atoms with E-state index < -0.39 is 20.9 Å². The number of sulfonamides is 1. The van der Waals surface area contributed by atoms with E-state index in [1.165, 1.54) is 43.6 Å². The molecule has 1 amide bonds. The van der Waals surface area contributed by atoms with Crippen molar-refractivity contribution in [3.63, 3.8) is 0 Å².